The molecule has 0 aromatic heterocycles. The molecule has 25 heavy (non-hydrogen) atoms. The van der Waals surface area contributed by atoms with Gasteiger partial charge in [-0.05, 0) is 42.7 Å². The second kappa shape index (κ2) is 8.64. The lowest BCUT2D eigenvalue weighted by Gasteiger charge is -2.13. The van der Waals surface area contributed by atoms with Crippen LogP contribution in [0.4, 0.5) is 0 Å². The maximum atomic E-state index is 12.2. The highest BCUT2D eigenvalue weighted by molar-refractivity contribution is 7.89. The monoisotopic (exact) mass is 362 g/mol. The summed E-state index contributed by atoms with van der Waals surface area (Å²) in [6.07, 6.45) is 0.176. The van der Waals surface area contributed by atoms with Gasteiger partial charge in [0.1, 0.15) is 5.75 Å². The number of hydrogen-bond donors (Lipinski definition) is 2. The first-order chi connectivity index (χ1) is 11.9. The zero-order valence-electron chi connectivity index (χ0n) is 14.2. The number of carbonyl (C=O) groups is 1. The van der Waals surface area contributed by atoms with Gasteiger partial charge in [-0.2, -0.15) is 0 Å². The summed E-state index contributed by atoms with van der Waals surface area (Å²) < 4.78 is 29.7. The van der Waals surface area contributed by atoms with Crippen molar-refractivity contribution in [3.63, 3.8) is 0 Å². The van der Waals surface area contributed by atoms with E-state index in [0.29, 0.717) is 12.4 Å². The number of hydrogen-bond acceptors (Lipinski definition) is 4. The molecule has 0 aliphatic carbocycles. The zero-order valence-corrected chi connectivity index (χ0v) is 15.0. The topological polar surface area (TPSA) is 84.5 Å². The van der Waals surface area contributed by atoms with E-state index in [-0.39, 0.29) is 17.2 Å². The number of nitrogens with one attached hydrogen (secondary N) is 2. The molecular formula is C18H22N2O4S. The molecular weight excluding hydrogens is 340 g/mol. The van der Waals surface area contributed by atoms with Crippen LogP contribution in [0.5, 0.6) is 5.75 Å². The van der Waals surface area contributed by atoms with E-state index in [2.05, 4.69) is 10.3 Å². The SMILES string of the molecule is CCOc1ccc(S(=O)(=O)NNC(=O)C[C@H](C)c2ccccc2)cc1. The predicted octanol–water partition coefficient (Wildman–Crippen LogP) is 2.59. The Balaban J connectivity index is 1.91. The lowest BCUT2D eigenvalue weighted by molar-refractivity contribution is -0.121. The van der Waals surface area contributed by atoms with Gasteiger partial charge in [-0.25, -0.2) is 8.42 Å². The maximum absolute atomic E-state index is 12.2. The molecule has 0 fully saturated rings. The Hall–Kier alpha value is -2.38. The fourth-order valence-electron chi connectivity index (χ4n) is 2.29. The minimum Gasteiger partial charge on any atom is -0.494 e. The van der Waals surface area contributed by atoms with E-state index >= 15 is 0 Å². The van der Waals surface area contributed by atoms with Crippen LogP contribution in [0.15, 0.2) is 59.5 Å². The summed E-state index contributed by atoms with van der Waals surface area (Å²) in [6, 6.07) is 15.6. The highest BCUT2D eigenvalue weighted by atomic mass is 32.2. The highest BCUT2D eigenvalue weighted by Gasteiger charge is 2.17. The number of ether oxygens (including phenoxy) is 1. The molecule has 0 saturated carbocycles. The number of amides is 1. The van der Waals surface area contributed by atoms with Crippen molar-refractivity contribution in [2.75, 3.05) is 6.61 Å². The fourth-order valence-corrected chi connectivity index (χ4v) is 3.15. The van der Waals surface area contributed by atoms with Crippen LogP contribution in [-0.2, 0) is 14.8 Å². The van der Waals surface area contributed by atoms with Crippen molar-refractivity contribution in [3.05, 3.63) is 60.2 Å². The van der Waals surface area contributed by atoms with Gasteiger partial charge in [0, 0.05) is 6.42 Å². The van der Waals surface area contributed by atoms with Crippen molar-refractivity contribution < 1.29 is 17.9 Å². The molecule has 2 aromatic rings. The molecule has 1 amide bonds. The smallest absolute Gasteiger partial charge is 0.257 e. The number of benzene rings is 2. The number of carbonyl (C=O) groups excluding carboxylic acids is 1. The van der Waals surface area contributed by atoms with Crippen LogP contribution >= 0.6 is 0 Å². The fraction of sp³-hybridized carbons (Fsp3) is 0.278. The van der Waals surface area contributed by atoms with Crippen molar-refractivity contribution in [1.29, 1.82) is 0 Å². The summed E-state index contributed by atoms with van der Waals surface area (Å²) in [5.41, 5.74) is 3.27. The molecule has 1 atom stereocenters. The van der Waals surface area contributed by atoms with E-state index in [1.54, 1.807) is 12.1 Å². The molecule has 0 radical (unpaired) electrons. The van der Waals surface area contributed by atoms with Crippen molar-refractivity contribution in [1.82, 2.24) is 10.3 Å². The van der Waals surface area contributed by atoms with Crippen LogP contribution in [0, 0.1) is 0 Å². The Morgan fingerprint density at radius 3 is 2.32 bits per heavy atom. The Morgan fingerprint density at radius 2 is 1.72 bits per heavy atom. The lowest BCUT2D eigenvalue weighted by Crippen LogP contribution is -2.41. The molecule has 134 valence electrons. The molecule has 0 unspecified atom stereocenters. The molecule has 6 nitrogen and oxygen atoms in total. The van der Waals surface area contributed by atoms with Gasteiger partial charge in [0.05, 0.1) is 11.5 Å². The molecule has 0 aliphatic heterocycles. The maximum Gasteiger partial charge on any atom is 0.257 e. The Kier molecular flexibility index (Phi) is 6.55. The third kappa shape index (κ3) is 5.58. The normalized spacial score (nSPS) is 12.4. The largest absolute Gasteiger partial charge is 0.494 e. The standard InChI is InChI=1S/C18H22N2O4S/c1-3-24-16-9-11-17(12-10-16)25(22,23)20-19-18(21)13-14(2)15-7-5-4-6-8-15/h4-12,14,20H,3,13H2,1-2H3,(H,19,21)/t14-/m0/s1. The molecule has 0 spiro atoms. The molecule has 0 saturated heterocycles. The van der Waals surface area contributed by atoms with E-state index in [9.17, 15) is 13.2 Å². The van der Waals surface area contributed by atoms with Gasteiger partial charge >= 0.3 is 0 Å². The third-order valence-electron chi connectivity index (χ3n) is 3.63. The van der Waals surface area contributed by atoms with E-state index in [4.69, 9.17) is 4.74 Å². The number of rotatable bonds is 8. The van der Waals surface area contributed by atoms with Gasteiger partial charge in [-0.1, -0.05) is 37.3 Å². The van der Waals surface area contributed by atoms with Crippen LogP contribution in [-0.4, -0.2) is 20.9 Å². The minimum atomic E-state index is -3.82. The van der Waals surface area contributed by atoms with Gasteiger partial charge in [-0.3, -0.25) is 10.2 Å². The zero-order chi connectivity index (χ0) is 18.3. The van der Waals surface area contributed by atoms with Gasteiger partial charge in [0.15, 0.2) is 0 Å². The minimum absolute atomic E-state index is 0.0174. The van der Waals surface area contributed by atoms with Crippen LogP contribution < -0.4 is 15.0 Å². The average Bonchev–Trinajstić information content (AvgIpc) is 2.61. The first-order valence-corrected chi connectivity index (χ1v) is 9.49. The second-order valence-electron chi connectivity index (χ2n) is 5.57. The molecule has 2 N–H and O–H groups in total. The number of sulfonamides is 1. The van der Waals surface area contributed by atoms with Gasteiger partial charge in [0.25, 0.3) is 10.0 Å². The lowest BCUT2D eigenvalue weighted by atomic mass is 9.98. The summed E-state index contributed by atoms with van der Waals surface area (Å²) in [4.78, 5) is 14.1. The first kappa shape index (κ1) is 19.0. The molecule has 0 heterocycles. The predicted molar refractivity (Wildman–Crippen MR) is 95.5 cm³/mol. The molecule has 2 aromatic carbocycles. The summed E-state index contributed by atoms with van der Waals surface area (Å²) in [5.74, 6) is 0.171. The molecule has 2 rings (SSSR count). The van der Waals surface area contributed by atoms with Crippen molar-refractivity contribution in [3.8, 4) is 5.75 Å². The Bertz CT molecular complexity index is 790. The Labute approximate surface area is 148 Å². The van der Waals surface area contributed by atoms with E-state index in [1.807, 2.05) is 44.2 Å². The molecule has 7 heteroatoms. The quantitative estimate of drug-likeness (QED) is 0.707. The summed E-state index contributed by atoms with van der Waals surface area (Å²) in [5, 5.41) is 0. The summed E-state index contributed by atoms with van der Waals surface area (Å²) >= 11 is 0. The van der Waals surface area contributed by atoms with E-state index < -0.39 is 15.9 Å². The van der Waals surface area contributed by atoms with Gasteiger partial charge in [0.2, 0.25) is 5.91 Å². The second-order valence-corrected chi connectivity index (χ2v) is 7.26. The first-order valence-electron chi connectivity index (χ1n) is 8.01. The van der Waals surface area contributed by atoms with Crippen molar-refractivity contribution in [2.45, 2.75) is 31.1 Å². The molecule has 0 bridgehead atoms. The third-order valence-corrected chi connectivity index (χ3v) is 4.89. The molecule has 0 aliphatic rings. The van der Waals surface area contributed by atoms with Crippen molar-refractivity contribution >= 4 is 15.9 Å². The van der Waals surface area contributed by atoms with Crippen LogP contribution in [0.25, 0.3) is 0 Å². The van der Waals surface area contributed by atoms with E-state index in [1.165, 1.54) is 12.1 Å². The van der Waals surface area contributed by atoms with Gasteiger partial charge < -0.3 is 4.74 Å². The number of hydrazine groups is 1. The Morgan fingerprint density at radius 1 is 1.08 bits per heavy atom. The summed E-state index contributed by atoms with van der Waals surface area (Å²) in [7, 11) is -3.82. The van der Waals surface area contributed by atoms with E-state index in [0.717, 1.165) is 5.56 Å². The van der Waals surface area contributed by atoms with Gasteiger partial charge in [-0.15, -0.1) is 4.83 Å². The summed E-state index contributed by atoms with van der Waals surface area (Å²) in [6.45, 7) is 4.26. The van der Waals surface area contributed by atoms with Crippen LogP contribution in [0.3, 0.4) is 0 Å². The van der Waals surface area contributed by atoms with Crippen molar-refractivity contribution in [2.24, 2.45) is 0 Å². The highest BCUT2D eigenvalue weighted by Crippen LogP contribution is 2.18. The van der Waals surface area contributed by atoms with Crippen LogP contribution in [0.1, 0.15) is 31.7 Å². The van der Waals surface area contributed by atoms with Crippen LogP contribution in [0.2, 0.25) is 0 Å². The average molecular weight is 362 g/mol.